The Morgan fingerprint density at radius 1 is 1.25 bits per heavy atom. The minimum absolute atomic E-state index is 0.262. The molecular formula is C13H16BrNO. The Kier molecular flexibility index (Phi) is 3.99. The minimum Gasteiger partial charge on any atom is -0.342 e. The smallest absolute Gasteiger partial charge is 0.226 e. The summed E-state index contributed by atoms with van der Waals surface area (Å²) in [5.74, 6) is 0.262. The molecule has 0 radical (unpaired) electrons. The van der Waals surface area contributed by atoms with Crippen LogP contribution in [0.1, 0.15) is 24.8 Å². The van der Waals surface area contributed by atoms with E-state index in [4.69, 9.17) is 0 Å². The molecule has 3 heteroatoms. The largest absolute Gasteiger partial charge is 0.342 e. The van der Waals surface area contributed by atoms with Gasteiger partial charge in [0, 0.05) is 17.6 Å². The van der Waals surface area contributed by atoms with Crippen molar-refractivity contribution in [3.05, 3.63) is 34.3 Å². The van der Waals surface area contributed by atoms with E-state index < -0.39 is 0 Å². The van der Waals surface area contributed by atoms with Gasteiger partial charge in [-0.2, -0.15) is 0 Å². The number of rotatable bonds is 2. The Hall–Kier alpha value is -0.830. The normalized spacial score (nSPS) is 16.2. The van der Waals surface area contributed by atoms with Crippen LogP contribution < -0.4 is 0 Å². The van der Waals surface area contributed by atoms with Gasteiger partial charge in [-0.3, -0.25) is 4.79 Å². The quantitative estimate of drug-likeness (QED) is 0.816. The highest BCUT2D eigenvalue weighted by molar-refractivity contribution is 9.10. The van der Waals surface area contributed by atoms with Crippen molar-refractivity contribution in [3.8, 4) is 0 Å². The standard InChI is InChI=1S/C13H16BrNO/c14-12-6-4-5-11(9-12)10-13(16)15-7-2-1-3-8-15/h4-6,9H,1-3,7-8,10H2. The molecule has 0 bridgehead atoms. The van der Waals surface area contributed by atoms with Crippen molar-refractivity contribution < 1.29 is 4.79 Å². The van der Waals surface area contributed by atoms with Crippen LogP contribution >= 0.6 is 15.9 Å². The first-order valence-corrected chi connectivity index (χ1v) is 6.57. The summed E-state index contributed by atoms with van der Waals surface area (Å²) in [4.78, 5) is 14.0. The van der Waals surface area contributed by atoms with Crippen LogP contribution in [0.2, 0.25) is 0 Å². The van der Waals surface area contributed by atoms with Gasteiger partial charge in [0.05, 0.1) is 6.42 Å². The molecule has 2 rings (SSSR count). The van der Waals surface area contributed by atoms with Gasteiger partial charge in [-0.1, -0.05) is 28.1 Å². The van der Waals surface area contributed by atoms with E-state index in [9.17, 15) is 4.79 Å². The molecule has 0 saturated carbocycles. The zero-order valence-electron chi connectivity index (χ0n) is 9.29. The zero-order valence-corrected chi connectivity index (χ0v) is 10.9. The second-order valence-corrected chi connectivity index (χ2v) is 5.16. The van der Waals surface area contributed by atoms with E-state index in [1.165, 1.54) is 6.42 Å². The summed E-state index contributed by atoms with van der Waals surface area (Å²) in [6, 6.07) is 7.98. The first-order chi connectivity index (χ1) is 7.75. The highest BCUT2D eigenvalue weighted by atomic mass is 79.9. The van der Waals surface area contributed by atoms with Crippen molar-refractivity contribution in [2.75, 3.05) is 13.1 Å². The lowest BCUT2D eigenvalue weighted by molar-refractivity contribution is -0.131. The van der Waals surface area contributed by atoms with Crippen LogP contribution in [0.4, 0.5) is 0 Å². The molecule has 1 aliphatic rings. The van der Waals surface area contributed by atoms with Crippen LogP contribution in [0.15, 0.2) is 28.7 Å². The summed E-state index contributed by atoms with van der Waals surface area (Å²) < 4.78 is 1.04. The second kappa shape index (κ2) is 5.48. The predicted octanol–water partition coefficient (Wildman–Crippen LogP) is 3.00. The van der Waals surface area contributed by atoms with Gasteiger partial charge in [-0.25, -0.2) is 0 Å². The number of carbonyl (C=O) groups excluding carboxylic acids is 1. The van der Waals surface area contributed by atoms with Gasteiger partial charge in [-0.15, -0.1) is 0 Å². The molecule has 1 fully saturated rings. The fourth-order valence-electron chi connectivity index (χ4n) is 2.08. The molecule has 0 spiro atoms. The Balaban J connectivity index is 1.96. The van der Waals surface area contributed by atoms with Gasteiger partial charge >= 0.3 is 0 Å². The predicted molar refractivity (Wildman–Crippen MR) is 68.3 cm³/mol. The second-order valence-electron chi connectivity index (χ2n) is 4.25. The van der Waals surface area contributed by atoms with Gasteiger partial charge in [-0.05, 0) is 37.0 Å². The maximum absolute atomic E-state index is 12.0. The summed E-state index contributed by atoms with van der Waals surface area (Å²) in [7, 11) is 0. The summed E-state index contributed by atoms with van der Waals surface area (Å²) in [6.07, 6.45) is 4.11. The first-order valence-electron chi connectivity index (χ1n) is 5.78. The Morgan fingerprint density at radius 3 is 2.69 bits per heavy atom. The van der Waals surface area contributed by atoms with Gasteiger partial charge in [0.15, 0.2) is 0 Å². The molecule has 0 atom stereocenters. The van der Waals surface area contributed by atoms with E-state index in [2.05, 4.69) is 15.9 Å². The molecule has 1 saturated heterocycles. The molecule has 1 amide bonds. The molecule has 16 heavy (non-hydrogen) atoms. The molecule has 0 aliphatic carbocycles. The van der Waals surface area contributed by atoms with E-state index in [-0.39, 0.29) is 5.91 Å². The van der Waals surface area contributed by atoms with Crippen molar-refractivity contribution in [1.29, 1.82) is 0 Å². The van der Waals surface area contributed by atoms with Crippen molar-refractivity contribution in [1.82, 2.24) is 4.90 Å². The van der Waals surface area contributed by atoms with Crippen LogP contribution in [0.5, 0.6) is 0 Å². The third kappa shape index (κ3) is 3.08. The lowest BCUT2D eigenvalue weighted by atomic mass is 10.1. The number of benzene rings is 1. The highest BCUT2D eigenvalue weighted by Gasteiger charge is 2.16. The number of likely N-dealkylation sites (tertiary alicyclic amines) is 1. The molecule has 0 unspecified atom stereocenters. The Morgan fingerprint density at radius 2 is 2.00 bits per heavy atom. The molecule has 1 aliphatic heterocycles. The fraction of sp³-hybridized carbons (Fsp3) is 0.462. The number of amides is 1. The van der Waals surface area contributed by atoms with Gasteiger partial charge < -0.3 is 4.90 Å². The summed E-state index contributed by atoms with van der Waals surface area (Å²) >= 11 is 3.42. The molecule has 0 N–H and O–H groups in total. The Bertz CT molecular complexity index is 372. The van der Waals surface area contributed by atoms with Gasteiger partial charge in [0.1, 0.15) is 0 Å². The molecule has 1 aromatic carbocycles. The SMILES string of the molecule is O=C(Cc1cccc(Br)c1)N1CCCCC1. The van der Waals surface area contributed by atoms with Crippen LogP contribution in [-0.4, -0.2) is 23.9 Å². The molecule has 1 heterocycles. The molecule has 2 nitrogen and oxygen atoms in total. The number of halogens is 1. The molecule has 0 aromatic heterocycles. The van der Waals surface area contributed by atoms with E-state index in [0.717, 1.165) is 36.0 Å². The van der Waals surface area contributed by atoms with E-state index in [0.29, 0.717) is 6.42 Å². The number of hydrogen-bond acceptors (Lipinski definition) is 1. The monoisotopic (exact) mass is 281 g/mol. The summed E-state index contributed by atoms with van der Waals surface area (Å²) in [5, 5.41) is 0. The van der Waals surface area contributed by atoms with Gasteiger partial charge in [0.25, 0.3) is 0 Å². The topological polar surface area (TPSA) is 20.3 Å². The maximum atomic E-state index is 12.0. The Labute approximate surface area is 105 Å². The number of carbonyl (C=O) groups is 1. The highest BCUT2D eigenvalue weighted by Crippen LogP contribution is 2.14. The van der Waals surface area contributed by atoms with Gasteiger partial charge in [0.2, 0.25) is 5.91 Å². The van der Waals surface area contributed by atoms with E-state index >= 15 is 0 Å². The van der Waals surface area contributed by atoms with E-state index in [1.807, 2.05) is 29.2 Å². The zero-order chi connectivity index (χ0) is 11.4. The average molecular weight is 282 g/mol. The number of nitrogens with zero attached hydrogens (tertiary/aromatic N) is 1. The summed E-state index contributed by atoms with van der Waals surface area (Å²) in [5.41, 5.74) is 1.09. The molecule has 1 aromatic rings. The molecule has 86 valence electrons. The third-order valence-corrected chi connectivity index (χ3v) is 3.45. The maximum Gasteiger partial charge on any atom is 0.226 e. The van der Waals surface area contributed by atoms with Crippen molar-refractivity contribution in [3.63, 3.8) is 0 Å². The van der Waals surface area contributed by atoms with Crippen LogP contribution in [-0.2, 0) is 11.2 Å². The minimum atomic E-state index is 0.262. The molecular weight excluding hydrogens is 266 g/mol. The third-order valence-electron chi connectivity index (χ3n) is 2.95. The number of piperidine rings is 1. The van der Waals surface area contributed by atoms with Crippen LogP contribution in [0.25, 0.3) is 0 Å². The van der Waals surface area contributed by atoms with Crippen molar-refractivity contribution >= 4 is 21.8 Å². The van der Waals surface area contributed by atoms with Crippen molar-refractivity contribution in [2.24, 2.45) is 0 Å². The fourth-order valence-corrected chi connectivity index (χ4v) is 2.52. The number of hydrogen-bond donors (Lipinski definition) is 0. The van der Waals surface area contributed by atoms with Crippen LogP contribution in [0.3, 0.4) is 0 Å². The average Bonchev–Trinajstić information content (AvgIpc) is 2.30. The van der Waals surface area contributed by atoms with Crippen molar-refractivity contribution in [2.45, 2.75) is 25.7 Å². The lowest BCUT2D eigenvalue weighted by Gasteiger charge is -2.26. The first kappa shape index (κ1) is 11.6. The van der Waals surface area contributed by atoms with Crippen LogP contribution in [0, 0.1) is 0 Å². The summed E-state index contributed by atoms with van der Waals surface area (Å²) in [6.45, 7) is 1.87. The van der Waals surface area contributed by atoms with E-state index in [1.54, 1.807) is 0 Å². The lowest BCUT2D eigenvalue weighted by Crippen LogP contribution is -2.36.